The van der Waals surface area contributed by atoms with E-state index in [4.69, 9.17) is 18.0 Å². The molecule has 1 heterocycles. The second-order valence-electron chi connectivity index (χ2n) is 3.43. The normalized spacial score (nSPS) is 20.2. The lowest BCUT2D eigenvalue weighted by Crippen LogP contribution is -2.49. The molecule has 78 valence electrons. The molecule has 4 N–H and O–H groups in total. The summed E-state index contributed by atoms with van der Waals surface area (Å²) in [4.78, 5) is 4.23. The van der Waals surface area contributed by atoms with Gasteiger partial charge in [-0.05, 0) is 24.7 Å². The maximum absolute atomic E-state index is 5.60. The fourth-order valence-electron chi connectivity index (χ4n) is 1.48. The molecule has 0 saturated heterocycles. The molecule has 0 unspecified atom stereocenters. The van der Waals surface area contributed by atoms with E-state index in [2.05, 4.69) is 21.7 Å². The zero-order valence-electron chi connectivity index (χ0n) is 8.32. The smallest absolute Gasteiger partial charge is 0.197 e. The molecule has 0 bridgehead atoms. The first kappa shape index (κ1) is 9.92. The first-order valence-electron chi connectivity index (χ1n) is 4.62. The number of rotatable bonds is 1. The van der Waals surface area contributed by atoms with Crippen LogP contribution >= 0.6 is 12.2 Å². The van der Waals surface area contributed by atoms with Gasteiger partial charge in [-0.2, -0.15) is 0 Å². The maximum atomic E-state index is 5.60. The quantitative estimate of drug-likeness (QED) is 0.612. The maximum Gasteiger partial charge on any atom is 0.197 e. The van der Waals surface area contributed by atoms with Gasteiger partial charge in [-0.25, -0.2) is 4.99 Å². The zero-order chi connectivity index (χ0) is 10.8. The van der Waals surface area contributed by atoms with Gasteiger partial charge in [-0.1, -0.05) is 29.8 Å². The molecule has 1 aromatic carbocycles. The number of benzene rings is 1. The lowest BCUT2D eigenvalue weighted by Gasteiger charge is -2.23. The fourth-order valence-corrected chi connectivity index (χ4v) is 1.69. The third-order valence-corrected chi connectivity index (χ3v) is 2.36. The number of hydrogen-bond acceptors (Lipinski definition) is 3. The van der Waals surface area contributed by atoms with Crippen molar-refractivity contribution in [1.82, 2.24) is 10.6 Å². The minimum atomic E-state index is -0.182. The first-order chi connectivity index (χ1) is 7.15. The molecule has 4 nitrogen and oxygen atoms in total. The highest BCUT2D eigenvalue weighted by molar-refractivity contribution is 7.80. The van der Waals surface area contributed by atoms with E-state index in [9.17, 15) is 0 Å². The highest BCUT2D eigenvalue weighted by Gasteiger charge is 2.16. The molecular weight excluding hydrogens is 208 g/mol. The number of aryl methyl sites for hydroxylation is 1. The van der Waals surface area contributed by atoms with Crippen LogP contribution in [-0.4, -0.2) is 11.1 Å². The Morgan fingerprint density at radius 2 is 2.27 bits per heavy atom. The summed E-state index contributed by atoms with van der Waals surface area (Å²) in [5.74, 6) is 0.352. The van der Waals surface area contributed by atoms with Crippen LogP contribution in [0.1, 0.15) is 17.3 Å². The van der Waals surface area contributed by atoms with Gasteiger partial charge in [0.15, 0.2) is 11.1 Å². The summed E-state index contributed by atoms with van der Waals surface area (Å²) in [6.07, 6.45) is -0.182. The summed E-state index contributed by atoms with van der Waals surface area (Å²) in [5.41, 5.74) is 7.85. The molecule has 1 atom stereocenters. The van der Waals surface area contributed by atoms with Gasteiger partial charge < -0.3 is 16.4 Å². The van der Waals surface area contributed by atoms with Gasteiger partial charge in [0.2, 0.25) is 0 Å². The van der Waals surface area contributed by atoms with E-state index in [0.29, 0.717) is 11.1 Å². The molecule has 0 amide bonds. The van der Waals surface area contributed by atoms with E-state index in [0.717, 1.165) is 5.56 Å². The Hall–Kier alpha value is -1.62. The van der Waals surface area contributed by atoms with Gasteiger partial charge in [0.25, 0.3) is 0 Å². The molecule has 0 saturated carbocycles. The number of thiocarbonyl (C=S) groups is 1. The number of guanidine groups is 1. The molecule has 15 heavy (non-hydrogen) atoms. The van der Waals surface area contributed by atoms with Crippen LogP contribution in [0.5, 0.6) is 0 Å². The largest absolute Gasteiger partial charge is 0.370 e. The first-order valence-corrected chi connectivity index (χ1v) is 5.03. The van der Waals surface area contributed by atoms with Crippen LogP contribution in [0.3, 0.4) is 0 Å². The molecular formula is C10H12N4S. The average molecular weight is 220 g/mol. The van der Waals surface area contributed by atoms with E-state index in [-0.39, 0.29) is 6.17 Å². The predicted molar refractivity (Wildman–Crippen MR) is 64.4 cm³/mol. The summed E-state index contributed by atoms with van der Waals surface area (Å²) in [5, 5.41) is 6.29. The van der Waals surface area contributed by atoms with Crippen LogP contribution in [0.15, 0.2) is 29.3 Å². The lowest BCUT2D eigenvalue weighted by atomic mass is 10.1. The molecule has 0 aliphatic carbocycles. The van der Waals surface area contributed by atoms with Gasteiger partial charge in [-0.15, -0.1) is 0 Å². The second kappa shape index (κ2) is 3.86. The van der Waals surface area contributed by atoms with Gasteiger partial charge in [0, 0.05) is 0 Å². The summed E-state index contributed by atoms with van der Waals surface area (Å²) >= 11 is 5.01. The minimum Gasteiger partial charge on any atom is -0.370 e. The van der Waals surface area contributed by atoms with Crippen molar-refractivity contribution < 1.29 is 0 Å². The summed E-state index contributed by atoms with van der Waals surface area (Å²) < 4.78 is 0. The Bertz CT molecular complexity index is 427. The Balaban J connectivity index is 2.31. The molecule has 0 radical (unpaired) electrons. The SMILES string of the molecule is Cc1cccc([C@@H]2N=C(N)NC(=S)N2)c1. The van der Waals surface area contributed by atoms with Crippen molar-refractivity contribution in [2.45, 2.75) is 13.1 Å². The number of hydrogen-bond donors (Lipinski definition) is 3. The predicted octanol–water partition coefficient (Wildman–Crippen LogP) is 0.786. The molecule has 1 aromatic rings. The van der Waals surface area contributed by atoms with Crippen molar-refractivity contribution in [3.05, 3.63) is 35.4 Å². The Morgan fingerprint density at radius 3 is 2.93 bits per heavy atom. The van der Waals surface area contributed by atoms with Crippen molar-refractivity contribution in [3.63, 3.8) is 0 Å². The van der Waals surface area contributed by atoms with Gasteiger partial charge >= 0.3 is 0 Å². The molecule has 1 aliphatic rings. The third-order valence-electron chi connectivity index (χ3n) is 2.14. The number of nitrogens with two attached hydrogens (primary N) is 1. The number of aliphatic imine (C=N–C) groups is 1. The standard InChI is InChI=1S/C10H12N4S/c1-6-3-2-4-7(5-6)8-12-9(11)14-10(15)13-8/h2-5,8H,1H3,(H4,11,12,13,14,15)/t8-/m1/s1. The Kier molecular flexibility index (Phi) is 2.55. The van der Waals surface area contributed by atoms with Crippen molar-refractivity contribution >= 4 is 23.3 Å². The van der Waals surface area contributed by atoms with E-state index >= 15 is 0 Å². The van der Waals surface area contributed by atoms with Crippen molar-refractivity contribution in [2.24, 2.45) is 10.7 Å². The van der Waals surface area contributed by atoms with Crippen LogP contribution in [0, 0.1) is 6.92 Å². The Labute approximate surface area is 93.6 Å². The van der Waals surface area contributed by atoms with Crippen LogP contribution in [0.4, 0.5) is 0 Å². The molecule has 5 heteroatoms. The highest BCUT2D eigenvalue weighted by Crippen LogP contribution is 2.16. The van der Waals surface area contributed by atoms with Crippen LogP contribution in [-0.2, 0) is 0 Å². The van der Waals surface area contributed by atoms with Gasteiger partial charge in [0.1, 0.15) is 6.17 Å². The molecule has 1 aliphatic heterocycles. The summed E-state index contributed by atoms with van der Waals surface area (Å²) in [6.45, 7) is 2.04. The van der Waals surface area contributed by atoms with E-state index in [1.807, 2.05) is 25.1 Å². The van der Waals surface area contributed by atoms with Crippen molar-refractivity contribution in [1.29, 1.82) is 0 Å². The third kappa shape index (κ3) is 2.24. The molecule has 0 fully saturated rings. The topological polar surface area (TPSA) is 62.4 Å². The van der Waals surface area contributed by atoms with E-state index in [1.165, 1.54) is 5.56 Å². The van der Waals surface area contributed by atoms with Crippen molar-refractivity contribution in [3.8, 4) is 0 Å². The van der Waals surface area contributed by atoms with Gasteiger partial charge in [-0.3, -0.25) is 0 Å². The van der Waals surface area contributed by atoms with Crippen LogP contribution < -0.4 is 16.4 Å². The van der Waals surface area contributed by atoms with E-state index in [1.54, 1.807) is 0 Å². The summed E-state index contributed by atoms with van der Waals surface area (Å²) in [7, 11) is 0. The van der Waals surface area contributed by atoms with Gasteiger partial charge in [0.05, 0.1) is 0 Å². The molecule has 2 rings (SSSR count). The van der Waals surface area contributed by atoms with E-state index < -0.39 is 0 Å². The van der Waals surface area contributed by atoms with Crippen molar-refractivity contribution in [2.75, 3.05) is 0 Å². The minimum absolute atomic E-state index is 0.182. The number of nitrogens with zero attached hydrogens (tertiary/aromatic N) is 1. The fraction of sp³-hybridized carbons (Fsp3) is 0.200. The molecule has 0 aromatic heterocycles. The highest BCUT2D eigenvalue weighted by atomic mass is 32.1. The van der Waals surface area contributed by atoms with Crippen LogP contribution in [0.25, 0.3) is 0 Å². The Morgan fingerprint density at radius 1 is 1.47 bits per heavy atom. The average Bonchev–Trinajstić information content (AvgIpc) is 2.16. The lowest BCUT2D eigenvalue weighted by molar-refractivity contribution is 0.659. The molecule has 0 spiro atoms. The summed E-state index contributed by atoms with van der Waals surface area (Å²) in [6, 6.07) is 8.08. The number of nitrogens with one attached hydrogen (secondary N) is 2. The zero-order valence-corrected chi connectivity index (χ0v) is 9.14. The second-order valence-corrected chi connectivity index (χ2v) is 3.84. The monoisotopic (exact) mass is 220 g/mol. The van der Waals surface area contributed by atoms with Crippen LogP contribution in [0.2, 0.25) is 0 Å².